The monoisotopic (exact) mass is 336 g/mol. The number of benzene rings is 1. The van der Waals surface area contributed by atoms with Crippen LogP contribution in [0.5, 0.6) is 0 Å². The lowest BCUT2D eigenvalue weighted by atomic mass is 9.93. The van der Waals surface area contributed by atoms with Crippen molar-refractivity contribution in [1.82, 2.24) is 4.90 Å². The first-order valence-corrected chi connectivity index (χ1v) is 8.73. The molecule has 3 nitrogen and oxygen atoms in total. The Morgan fingerprint density at radius 2 is 1.96 bits per heavy atom. The number of nitrogens with one attached hydrogen (secondary N) is 1. The molecule has 1 amide bonds. The number of nitrogens with zero attached hydrogens (tertiary/aromatic N) is 1. The van der Waals surface area contributed by atoms with Gasteiger partial charge in [-0.05, 0) is 62.6 Å². The van der Waals surface area contributed by atoms with Gasteiger partial charge in [0.1, 0.15) is 0 Å². The van der Waals surface area contributed by atoms with Crippen LogP contribution >= 0.6 is 12.4 Å². The SMILES string of the molecule is CCCN1C[C@@H]2CCC[C@@H]2[C@H]1C(=O)Nc1c(C)cccc1C.Cl. The number of carbonyl (C=O) groups is 1. The van der Waals surface area contributed by atoms with Crippen LogP contribution in [0.3, 0.4) is 0 Å². The number of aryl methyl sites for hydroxylation is 2. The fourth-order valence-corrected chi connectivity index (χ4v) is 4.48. The van der Waals surface area contributed by atoms with Crippen LogP contribution in [-0.2, 0) is 4.79 Å². The summed E-state index contributed by atoms with van der Waals surface area (Å²) < 4.78 is 0. The molecule has 0 bridgehead atoms. The van der Waals surface area contributed by atoms with Gasteiger partial charge in [0.2, 0.25) is 5.91 Å². The number of hydrogen-bond acceptors (Lipinski definition) is 2. The molecule has 0 radical (unpaired) electrons. The third-order valence-corrected chi connectivity index (χ3v) is 5.49. The van der Waals surface area contributed by atoms with Crippen LogP contribution in [0.1, 0.15) is 43.7 Å². The molecule has 1 N–H and O–H groups in total. The normalized spacial score (nSPS) is 26.7. The third-order valence-electron chi connectivity index (χ3n) is 5.49. The van der Waals surface area contributed by atoms with Crippen molar-refractivity contribution < 1.29 is 4.79 Å². The quantitative estimate of drug-likeness (QED) is 0.894. The van der Waals surface area contributed by atoms with Crippen LogP contribution in [0.4, 0.5) is 5.69 Å². The summed E-state index contributed by atoms with van der Waals surface area (Å²) >= 11 is 0. The van der Waals surface area contributed by atoms with Crippen molar-refractivity contribution in [1.29, 1.82) is 0 Å². The number of hydrogen-bond donors (Lipinski definition) is 1. The fraction of sp³-hybridized carbons (Fsp3) is 0.632. The van der Waals surface area contributed by atoms with Gasteiger partial charge in [0.05, 0.1) is 6.04 Å². The van der Waals surface area contributed by atoms with Crippen LogP contribution in [-0.4, -0.2) is 29.9 Å². The summed E-state index contributed by atoms with van der Waals surface area (Å²) in [4.78, 5) is 15.4. The van der Waals surface area contributed by atoms with Crippen molar-refractivity contribution >= 4 is 24.0 Å². The van der Waals surface area contributed by atoms with E-state index in [-0.39, 0.29) is 24.4 Å². The summed E-state index contributed by atoms with van der Waals surface area (Å²) in [7, 11) is 0. The zero-order valence-corrected chi connectivity index (χ0v) is 15.3. The van der Waals surface area contributed by atoms with Gasteiger partial charge >= 0.3 is 0 Å². The molecule has 1 aliphatic carbocycles. The maximum absolute atomic E-state index is 13.0. The largest absolute Gasteiger partial charge is 0.324 e. The standard InChI is InChI=1S/C19H28N2O.ClH/c1-4-11-21-12-15-9-6-10-16(15)18(21)19(22)20-17-13(2)7-5-8-14(17)3;/h5,7-8,15-16,18H,4,6,9-12H2,1-3H3,(H,20,22);1H/t15-,16-,18-;/m0./s1. The molecule has 1 saturated heterocycles. The topological polar surface area (TPSA) is 32.3 Å². The van der Waals surface area contributed by atoms with E-state index in [0.29, 0.717) is 5.92 Å². The van der Waals surface area contributed by atoms with E-state index >= 15 is 0 Å². The highest BCUT2D eigenvalue weighted by Gasteiger charge is 2.47. The Morgan fingerprint density at radius 1 is 1.26 bits per heavy atom. The summed E-state index contributed by atoms with van der Waals surface area (Å²) in [6.45, 7) is 8.49. The Labute approximate surface area is 146 Å². The van der Waals surface area contributed by atoms with E-state index in [9.17, 15) is 4.79 Å². The average Bonchev–Trinajstić information content (AvgIpc) is 3.03. The number of anilines is 1. The predicted octanol–water partition coefficient (Wildman–Crippen LogP) is 4.17. The molecule has 1 aliphatic heterocycles. The van der Waals surface area contributed by atoms with E-state index in [1.54, 1.807) is 0 Å². The Hall–Kier alpha value is -1.06. The Balaban J connectivity index is 0.00000192. The summed E-state index contributed by atoms with van der Waals surface area (Å²) in [5.41, 5.74) is 3.30. The second-order valence-corrected chi connectivity index (χ2v) is 7.05. The van der Waals surface area contributed by atoms with Crippen molar-refractivity contribution in [2.24, 2.45) is 11.8 Å². The molecular formula is C19H29ClN2O. The molecule has 1 heterocycles. The highest BCUT2D eigenvalue weighted by atomic mass is 35.5. The molecule has 1 aromatic carbocycles. The van der Waals surface area contributed by atoms with Crippen LogP contribution in [0, 0.1) is 25.7 Å². The van der Waals surface area contributed by atoms with Crippen molar-refractivity contribution in [3.05, 3.63) is 29.3 Å². The van der Waals surface area contributed by atoms with Gasteiger partial charge in [-0.3, -0.25) is 9.69 Å². The lowest BCUT2D eigenvalue weighted by molar-refractivity contribution is -0.121. The van der Waals surface area contributed by atoms with E-state index < -0.39 is 0 Å². The van der Waals surface area contributed by atoms with Gasteiger partial charge in [0, 0.05) is 12.2 Å². The number of amides is 1. The molecule has 3 atom stereocenters. The van der Waals surface area contributed by atoms with Gasteiger partial charge in [0.25, 0.3) is 0 Å². The maximum Gasteiger partial charge on any atom is 0.242 e. The summed E-state index contributed by atoms with van der Waals surface area (Å²) in [5.74, 6) is 1.51. The summed E-state index contributed by atoms with van der Waals surface area (Å²) in [5, 5.41) is 3.24. The number of fused-ring (bicyclic) bond motifs is 1. The number of likely N-dealkylation sites (tertiary alicyclic amines) is 1. The number of halogens is 1. The van der Waals surface area contributed by atoms with E-state index in [1.165, 1.54) is 19.3 Å². The van der Waals surface area contributed by atoms with Crippen LogP contribution in [0.2, 0.25) is 0 Å². The minimum Gasteiger partial charge on any atom is -0.324 e. The highest BCUT2D eigenvalue weighted by Crippen LogP contribution is 2.42. The number of para-hydroxylation sites is 1. The zero-order chi connectivity index (χ0) is 15.7. The highest BCUT2D eigenvalue weighted by molar-refractivity contribution is 5.96. The molecule has 0 spiro atoms. The number of carbonyl (C=O) groups excluding carboxylic acids is 1. The predicted molar refractivity (Wildman–Crippen MR) is 98.3 cm³/mol. The van der Waals surface area contributed by atoms with E-state index in [1.807, 2.05) is 6.07 Å². The van der Waals surface area contributed by atoms with Crippen LogP contribution in [0.25, 0.3) is 0 Å². The Kier molecular flexibility index (Phi) is 6.10. The molecule has 4 heteroatoms. The molecule has 1 aromatic rings. The van der Waals surface area contributed by atoms with Gasteiger partial charge in [-0.25, -0.2) is 0 Å². The molecule has 3 rings (SSSR count). The summed E-state index contributed by atoms with van der Waals surface area (Å²) in [6.07, 6.45) is 4.93. The lowest BCUT2D eigenvalue weighted by Gasteiger charge is -2.27. The van der Waals surface area contributed by atoms with Crippen molar-refractivity contribution in [3.63, 3.8) is 0 Å². The van der Waals surface area contributed by atoms with Crippen LogP contribution < -0.4 is 5.32 Å². The maximum atomic E-state index is 13.0. The molecule has 23 heavy (non-hydrogen) atoms. The smallest absolute Gasteiger partial charge is 0.242 e. The Morgan fingerprint density at radius 3 is 2.61 bits per heavy atom. The molecule has 2 aliphatic rings. The van der Waals surface area contributed by atoms with Gasteiger partial charge < -0.3 is 5.32 Å². The molecule has 128 valence electrons. The van der Waals surface area contributed by atoms with Crippen molar-refractivity contribution in [2.45, 2.75) is 52.5 Å². The van der Waals surface area contributed by atoms with Crippen molar-refractivity contribution in [3.8, 4) is 0 Å². The van der Waals surface area contributed by atoms with Gasteiger partial charge in [-0.2, -0.15) is 0 Å². The number of rotatable bonds is 4. The molecule has 2 fully saturated rings. The fourth-order valence-electron chi connectivity index (χ4n) is 4.48. The lowest BCUT2D eigenvalue weighted by Crippen LogP contribution is -2.43. The molecular weight excluding hydrogens is 308 g/mol. The van der Waals surface area contributed by atoms with Gasteiger partial charge in [-0.15, -0.1) is 12.4 Å². The minimum atomic E-state index is 0. The molecule has 0 unspecified atom stereocenters. The van der Waals surface area contributed by atoms with Crippen LogP contribution in [0.15, 0.2) is 18.2 Å². The summed E-state index contributed by atoms with van der Waals surface area (Å²) in [6, 6.07) is 6.26. The second-order valence-electron chi connectivity index (χ2n) is 7.05. The Bertz CT molecular complexity index is 540. The first-order chi connectivity index (χ1) is 10.6. The average molecular weight is 337 g/mol. The van der Waals surface area contributed by atoms with Crippen molar-refractivity contribution in [2.75, 3.05) is 18.4 Å². The zero-order valence-electron chi connectivity index (χ0n) is 14.5. The van der Waals surface area contributed by atoms with E-state index in [2.05, 4.69) is 43.1 Å². The van der Waals surface area contributed by atoms with Gasteiger partial charge in [-0.1, -0.05) is 31.5 Å². The first kappa shape index (κ1) is 18.3. The second kappa shape index (κ2) is 7.67. The molecule has 0 aromatic heterocycles. The third kappa shape index (κ3) is 3.56. The molecule has 1 saturated carbocycles. The van der Waals surface area contributed by atoms with E-state index in [0.717, 1.165) is 42.2 Å². The van der Waals surface area contributed by atoms with E-state index in [4.69, 9.17) is 0 Å². The minimum absolute atomic E-state index is 0. The van der Waals surface area contributed by atoms with Gasteiger partial charge in [0.15, 0.2) is 0 Å². The first-order valence-electron chi connectivity index (χ1n) is 8.73.